The summed E-state index contributed by atoms with van der Waals surface area (Å²) in [7, 11) is 0. The van der Waals surface area contributed by atoms with Crippen molar-refractivity contribution in [3.8, 4) is 5.75 Å². The third kappa shape index (κ3) is 7.23. The molecule has 0 bridgehead atoms. The van der Waals surface area contributed by atoms with Gasteiger partial charge in [0.1, 0.15) is 5.75 Å². The first-order valence-corrected chi connectivity index (χ1v) is 7.98. The molecular weight excluding hydrogens is 382 g/mol. The third-order valence-electron chi connectivity index (χ3n) is 2.71. The number of amides is 2. The second-order valence-electron chi connectivity index (χ2n) is 4.67. The second-order valence-corrected chi connectivity index (χ2v) is 5.59. The zero-order valence-electron chi connectivity index (χ0n) is 13.0. The quantitative estimate of drug-likeness (QED) is 0.263. The average molecular weight is 400 g/mol. The standard InChI is InChI=1S/C15H18BrN3O5/c1-2-3-6-17-14(22)15(23)19-18-8-10-7-11(16)4-5-12(10)24-9-13(20)21/h4-5,7-8H,2-3,6,9H2,1H3,(H,17,22)(H,19,23)(H,20,21)/b18-8-. The minimum atomic E-state index is -1.11. The molecule has 0 saturated heterocycles. The maximum absolute atomic E-state index is 11.5. The Morgan fingerprint density at radius 3 is 2.75 bits per heavy atom. The van der Waals surface area contributed by atoms with Gasteiger partial charge in [0.15, 0.2) is 6.61 Å². The number of hydrazone groups is 1. The number of ether oxygens (including phenoxy) is 1. The normalized spacial score (nSPS) is 10.4. The van der Waals surface area contributed by atoms with E-state index in [0.717, 1.165) is 17.3 Å². The van der Waals surface area contributed by atoms with E-state index in [1.54, 1.807) is 18.2 Å². The highest BCUT2D eigenvalue weighted by Crippen LogP contribution is 2.21. The first kappa shape index (κ1) is 19.6. The number of carboxylic acids is 1. The Bertz CT molecular complexity index is 634. The molecule has 0 unspecified atom stereocenters. The van der Waals surface area contributed by atoms with Crippen LogP contribution in [0.3, 0.4) is 0 Å². The van der Waals surface area contributed by atoms with E-state index < -0.39 is 24.4 Å². The Balaban J connectivity index is 2.65. The van der Waals surface area contributed by atoms with E-state index >= 15 is 0 Å². The van der Waals surface area contributed by atoms with E-state index in [1.807, 2.05) is 6.92 Å². The Kier molecular flexibility index (Phi) is 8.48. The molecule has 0 spiro atoms. The van der Waals surface area contributed by atoms with Crippen LogP contribution in [0.5, 0.6) is 5.75 Å². The van der Waals surface area contributed by atoms with Gasteiger partial charge in [-0.1, -0.05) is 29.3 Å². The lowest BCUT2D eigenvalue weighted by Gasteiger charge is -2.07. The number of carbonyl (C=O) groups is 3. The van der Waals surface area contributed by atoms with E-state index in [0.29, 0.717) is 12.1 Å². The van der Waals surface area contributed by atoms with Gasteiger partial charge in [-0.15, -0.1) is 0 Å². The number of halogens is 1. The summed E-state index contributed by atoms with van der Waals surface area (Å²) in [6.45, 7) is 1.89. The van der Waals surface area contributed by atoms with Gasteiger partial charge in [-0.3, -0.25) is 9.59 Å². The van der Waals surface area contributed by atoms with Gasteiger partial charge in [-0.25, -0.2) is 10.2 Å². The lowest BCUT2D eigenvalue weighted by Crippen LogP contribution is -2.38. The van der Waals surface area contributed by atoms with Crippen LogP contribution in [-0.2, 0) is 14.4 Å². The number of nitrogens with zero attached hydrogens (tertiary/aromatic N) is 1. The molecule has 130 valence electrons. The molecule has 0 radical (unpaired) electrons. The van der Waals surface area contributed by atoms with Gasteiger partial charge in [0.05, 0.1) is 6.21 Å². The van der Waals surface area contributed by atoms with Crippen LogP contribution in [0.4, 0.5) is 0 Å². The summed E-state index contributed by atoms with van der Waals surface area (Å²) in [5, 5.41) is 14.8. The number of nitrogens with one attached hydrogen (secondary N) is 2. The van der Waals surface area contributed by atoms with Crippen molar-refractivity contribution < 1.29 is 24.2 Å². The van der Waals surface area contributed by atoms with Crippen LogP contribution in [0.1, 0.15) is 25.3 Å². The van der Waals surface area contributed by atoms with Crippen LogP contribution in [0.25, 0.3) is 0 Å². The molecule has 3 N–H and O–H groups in total. The zero-order chi connectivity index (χ0) is 17.9. The molecule has 24 heavy (non-hydrogen) atoms. The number of aliphatic carboxylic acids is 1. The molecule has 1 aromatic rings. The van der Waals surface area contributed by atoms with Crippen LogP contribution >= 0.6 is 15.9 Å². The maximum atomic E-state index is 11.5. The van der Waals surface area contributed by atoms with Crippen LogP contribution in [0, 0.1) is 0 Å². The predicted molar refractivity (Wildman–Crippen MR) is 90.9 cm³/mol. The number of hydrogen-bond donors (Lipinski definition) is 3. The topological polar surface area (TPSA) is 117 Å². The molecule has 1 aromatic carbocycles. The molecule has 0 aliphatic heterocycles. The summed E-state index contributed by atoms with van der Waals surface area (Å²) in [6, 6.07) is 4.87. The van der Waals surface area contributed by atoms with Crippen molar-refractivity contribution in [3.63, 3.8) is 0 Å². The molecule has 2 amide bonds. The summed E-state index contributed by atoms with van der Waals surface area (Å²) in [5.41, 5.74) is 2.54. The van der Waals surface area contributed by atoms with Crippen LogP contribution in [0.2, 0.25) is 0 Å². The Hall–Kier alpha value is -2.42. The lowest BCUT2D eigenvalue weighted by atomic mass is 10.2. The van der Waals surface area contributed by atoms with Crippen molar-refractivity contribution in [3.05, 3.63) is 28.2 Å². The largest absolute Gasteiger partial charge is 0.481 e. The molecule has 0 atom stereocenters. The van der Waals surface area contributed by atoms with Crippen molar-refractivity contribution in [1.82, 2.24) is 10.7 Å². The third-order valence-corrected chi connectivity index (χ3v) is 3.21. The van der Waals surface area contributed by atoms with Crippen LogP contribution < -0.4 is 15.5 Å². The summed E-state index contributed by atoms with van der Waals surface area (Å²) in [5.74, 6) is -2.48. The number of hydrogen-bond acceptors (Lipinski definition) is 5. The molecule has 1 rings (SSSR count). The molecule has 0 heterocycles. The van der Waals surface area contributed by atoms with Gasteiger partial charge >= 0.3 is 17.8 Å². The first-order chi connectivity index (χ1) is 11.4. The summed E-state index contributed by atoms with van der Waals surface area (Å²) < 4.78 is 5.84. The highest BCUT2D eigenvalue weighted by molar-refractivity contribution is 9.10. The van der Waals surface area contributed by atoms with E-state index in [4.69, 9.17) is 9.84 Å². The number of benzene rings is 1. The van der Waals surface area contributed by atoms with Gasteiger partial charge in [-0.05, 0) is 24.6 Å². The Morgan fingerprint density at radius 1 is 1.33 bits per heavy atom. The van der Waals surface area contributed by atoms with Gasteiger partial charge in [-0.2, -0.15) is 5.10 Å². The molecule has 0 saturated carbocycles. The number of unbranched alkanes of at least 4 members (excludes halogenated alkanes) is 1. The fourth-order valence-corrected chi connectivity index (χ4v) is 1.94. The summed E-state index contributed by atoms with van der Waals surface area (Å²) in [4.78, 5) is 33.6. The Morgan fingerprint density at radius 2 is 2.08 bits per heavy atom. The van der Waals surface area contributed by atoms with E-state index in [2.05, 4.69) is 31.8 Å². The second kappa shape index (κ2) is 10.4. The summed E-state index contributed by atoms with van der Waals surface area (Å²) in [6.07, 6.45) is 2.95. The van der Waals surface area contributed by atoms with E-state index in [1.165, 1.54) is 6.21 Å². The van der Waals surface area contributed by atoms with Crippen LogP contribution in [0.15, 0.2) is 27.8 Å². The number of carboxylic acid groups (broad SMARTS) is 1. The summed E-state index contributed by atoms with van der Waals surface area (Å²) >= 11 is 3.27. The highest BCUT2D eigenvalue weighted by atomic mass is 79.9. The van der Waals surface area contributed by atoms with Gasteiger partial charge in [0.2, 0.25) is 0 Å². The molecule has 0 aliphatic rings. The number of rotatable bonds is 8. The fraction of sp³-hybridized carbons (Fsp3) is 0.333. The van der Waals surface area contributed by atoms with E-state index in [-0.39, 0.29) is 5.75 Å². The Labute approximate surface area is 147 Å². The molecule has 0 fully saturated rings. The predicted octanol–water partition coefficient (Wildman–Crippen LogP) is 1.28. The lowest BCUT2D eigenvalue weighted by molar-refractivity contribution is -0.139. The molecule has 0 aliphatic carbocycles. The van der Waals surface area contributed by atoms with Gasteiger partial charge in [0, 0.05) is 16.6 Å². The SMILES string of the molecule is CCCCNC(=O)C(=O)N/N=C\c1cc(Br)ccc1OCC(=O)O. The minimum absolute atomic E-state index is 0.283. The molecule has 8 nitrogen and oxygen atoms in total. The fourth-order valence-electron chi connectivity index (χ4n) is 1.56. The van der Waals surface area contributed by atoms with Crippen molar-refractivity contribution in [2.24, 2.45) is 5.10 Å². The first-order valence-electron chi connectivity index (χ1n) is 7.19. The van der Waals surface area contributed by atoms with Crippen molar-refractivity contribution in [1.29, 1.82) is 0 Å². The van der Waals surface area contributed by atoms with Crippen molar-refractivity contribution in [2.75, 3.05) is 13.2 Å². The van der Waals surface area contributed by atoms with Crippen molar-refractivity contribution in [2.45, 2.75) is 19.8 Å². The van der Waals surface area contributed by atoms with Crippen LogP contribution in [-0.4, -0.2) is 42.3 Å². The van der Waals surface area contributed by atoms with Gasteiger partial charge < -0.3 is 15.2 Å². The van der Waals surface area contributed by atoms with Crippen molar-refractivity contribution >= 4 is 39.9 Å². The maximum Gasteiger partial charge on any atom is 0.341 e. The van der Waals surface area contributed by atoms with Gasteiger partial charge in [0.25, 0.3) is 0 Å². The molecular formula is C15H18BrN3O5. The monoisotopic (exact) mass is 399 g/mol. The minimum Gasteiger partial charge on any atom is -0.481 e. The van der Waals surface area contributed by atoms with E-state index in [9.17, 15) is 14.4 Å². The smallest absolute Gasteiger partial charge is 0.341 e. The molecule has 0 aromatic heterocycles. The zero-order valence-corrected chi connectivity index (χ0v) is 14.6. The highest BCUT2D eigenvalue weighted by Gasteiger charge is 2.11. The molecule has 9 heteroatoms. The number of carbonyl (C=O) groups excluding carboxylic acids is 2. The average Bonchev–Trinajstić information content (AvgIpc) is 2.53.